The molecule has 1 aliphatic heterocycles. The van der Waals surface area contributed by atoms with Crippen molar-refractivity contribution in [2.24, 2.45) is 0 Å². The zero-order chi connectivity index (χ0) is 23.3. The van der Waals surface area contributed by atoms with Crippen molar-refractivity contribution in [3.8, 4) is 11.5 Å². The summed E-state index contributed by atoms with van der Waals surface area (Å²) in [6.45, 7) is 2.54. The Balaban J connectivity index is 1.60. The molecule has 3 rings (SSSR count). The molecule has 2 amide bonds. The second-order valence-corrected chi connectivity index (χ2v) is 8.33. The zero-order valence-electron chi connectivity index (χ0n) is 17.0. The normalized spacial score (nSPS) is 14.7. The van der Waals surface area contributed by atoms with E-state index in [0.29, 0.717) is 15.8 Å². The summed E-state index contributed by atoms with van der Waals surface area (Å²) in [5, 5.41) is 23.1. The molecule has 0 atom stereocenters. The van der Waals surface area contributed by atoms with Crippen LogP contribution in [0.4, 0.5) is 5.69 Å². The van der Waals surface area contributed by atoms with Crippen molar-refractivity contribution in [1.29, 1.82) is 0 Å². The van der Waals surface area contributed by atoms with Crippen LogP contribution in [0.15, 0.2) is 47.4 Å². The minimum atomic E-state index is -1.37. The highest BCUT2D eigenvalue weighted by atomic mass is 32.2. The highest BCUT2D eigenvalue weighted by Crippen LogP contribution is 2.33. The van der Waals surface area contributed by atoms with Gasteiger partial charge in [0.2, 0.25) is 5.91 Å². The third-order valence-electron chi connectivity index (χ3n) is 4.42. The van der Waals surface area contributed by atoms with Gasteiger partial charge in [-0.2, -0.15) is 0 Å². The lowest BCUT2D eigenvalue weighted by Gasteiger charge is -2.15. The highest BCUT2D eigenvalue weighted by molar-refractivity contribution is 8.26. The molecule has 1 saturated heterocycles. The number of amides is 2. The monoisotopic (exact) mass is 471 g/mol. The number of rotatable bonds is 8. The van der Waals surface area contributed by atoms with Gasteiger partial charge in [0.1, 0.15) is 10.1 Å². The lowest BCUT2D eigenvalue weighted by atomic mass is 10.1. The molecule has 0 radical (unpaired) electrons. The van der Waals surface area contributed by atoms with Gasteiger partial charge in [-0.15, -0.1) is 0 Å². The van der Waals surface area contributed by atoms with Gasteiger partial charge in [-0.3, -0.25) is 14.5 Å². The molecular weight excluding hydrogens is 452 g/mol. The van der Waals surface area contributed by atoms with Gasteiger partial charge in [0.15, 0.2) is 0 Å². The van der Waals surface area contributed by atoms with Crippen LogP contribution in [0.2, 0.25) is 0 Å². The van der Waals surface area contributed by atoms with Gasteiger partial charge in [0.25, 0.3) is 5.91 Å². The number of aromatic carboxylic acids is 1. The molecule has 8 nitrogen and oxygen atoms in total. The van der Waals surface area contributed by atoms with Crippen LogP contribution in [0, 0.1) is 0 Å². The zero-order valence-corrected chi connectivity index (χ0v) is 18.6. The van der Waals surface area contributed by atoms with E-state index in [1.807, 2.05) is 31.2 Å². The number of anilines is 1. The van der Waals surface area contributed by atoms with E-state index < -0.39 is 23.2 Å². The van der Waals surface area contributed by atoms with Crippen molar-refractivity contribution in [2.75, 3.05) is 18.5 Å². The predicted octanol–water partition coefficient (Wildman–Crippen LogP) is 3.09. The number of thioether (sulfide) groups is 1. The van der Waals surface area contributed by atoms with E-state index in [0.717, 1.165) is 35.2 Å². The lowest BCUT2D eigenvalue weighted by Crippen LogP contribution is -2.31. The Labute approximate surface area is 193 Å². The Hall–Kier alpha value is -3.37. The third-order valence-corrected chi connectivity index (χ3v) is 5.80. The topological polar surface area (TPSA) is 119 Å². The van der Waals surface area contributed by atoms with Crippen LogP contribution in [-0.2, 0) is 9.59 Å². The largest absolute Gasteiger partial charge is 0.872 e. The van der Waals surface area contributed by atoms with Crippen LogP contribution in [0.3, 0.4) is 0 Å². The number of thiocarbonyl (C=S) groups is 1. The quantitative estimate of drug-likeness (QED) is 0.445. The summed E-state index contributed by atoms with van der Waals surface area (Å²) in [6.07, 6.45) is 1.68. The fraction of sp³-hybridized carbons (Fsp3) is 0.182. The van der Waals surface area contributed by atoms with Crippen molar-refractivity contribution in [3.05, 3.63) is 58.5 Å². The molecular formula is C22H19N2O6S2-. The molecule has 1 heterocycles. The second-order valence-electron chi connectivity index (χ2n) is 6.65. The molecule has 0 bridgehead atoms. The first-order chi connectivity index (χ1) is 15.3. The first-order valence-corrected chi connectivity index (χ1v) is 10.8. The van der Waals surface area contributed by atoms with E-state index in [2.05, 4.69) is 5.32 Å². The Morgan fingerprint density at radius 1 is 1.25 bits per heavy atom. The number of benzene rings is 2. The maximum Gasteiger partial charge on any atom is 0.335 e. The fourth-order valence-electron chi connectivity index (χ4n) is 2.88. The molecule has 2 aromatic rings. The maximum absolute atomic E-state index is 12.7. The Morgan fingerprint density at radius 2 is 1.97 bits per heavy atom. The number of carboxylic acids is 1. The second kappa shape index (κ2) is 10.3. The maximum atomic E-state index is 12.7. The van der Waals surface area contributed by atoms with E-state index in [4.69, 9.17) is 22.1 Å². The molecule has 2 N–H and O–H groups in total. The minimum absolute atomic E-state index is 0.0513. The van der Waals surface area contributed by atoms with Crippen LogP contribution in [-0.4, -0.2) is 45.3 Å². The summed E-state index contributed by atoms with van der Waals surface area (Å²) in [5.41, 5.74) is 0.578. The first-order valence-electron chi connectivity index (χ1n) is 9.61. The highest BCUT2D eigenvalue weighted by Gasteiger charge is 2.32. The summed E-state index contributed by atoms with van der Waals surface area (Å²) in [7, 11) is 0. The van der Waals surface area contributed by atoms with E-state index in [-0.39, 0.29) is 24.6 Å². The number of carboxylic acid groups (broad SMARTS) is 1. The molecule has 32 heavy (non-hydrogen) atoms. The van der Waals surface area contributed by atoms with Crippen LogP contribution in [0.25, 0.3) is 6.08 Å². The van der Waals surface area contributed by atoms with Crippen LogP contribution >= 0.6 is 24.0 Å². The summed E-state index contributed by atoms with van der Waals surface area (Å²) >= 11 is 6.44. The average molecular weight is 472 g/mol. The summed E-state index contributed by atoms with van der Waals surface area (Å²) in [4.78, 5) is 37.8. The Bertz CT molecular complexity index is 1100. The van der Waals surface area contributed by atoms with E-state index in [1.165, 1.54) is 11.0 Å². The van der Waals surface area contributed by atoms with Crippen molar-refractivity contribution < 1.29 is 29.3 Å². The molecule has 166 valence electrons. The number of nitrogens with zero attached hydrogens (tertiary/aromatic N) is 1. The number of hydrogen-bond donors (Lipinski definition) is 2. The summed E-state index contributed by atoms with van der Waals surface area (Å²) in [6, 6.07) is 10.8. The predicted molar refractivity (Wildman–Crippen MR) is 124 cm³/mol. The first kappa shape index (κ1) is 23.3. The Kier molecular flexibility index (Phi) is 7.49. The molecule has 1 fully saturated rings. The van der Waals surface area contributed by atoms with Crippen LogP contribution in [0.5, 0.6) is 11.5 Å². The van der Waals surface area contributed by atoms with E-state index in [1.54, 1.807) is 6.08 Å². The van der Waals surface area contributed by atoms with Gasteiger partial charge in [0.05, 0.1) is 17.1 Å². The van der Waals surface area contributed by atoms with E-state index >= 15 is 0 Å². The summed E-state index contributed by atoms with van der Waals surface area (Å²) in [5.74, 6) is -2.01. The smallest absolute Gasteiger partial charge is 0.335 e. The van der Waals surface area contributed by atoms with Gasteiger partial charge >= 0.3 is 5.97 Å². The molecule has 0 aliphatic carbocycles. The van der Waals surface area contributed by atoms with Crippen molar-refractivity contribution in [2.45, 2.75) is 13.3 Å². The SMILES string of the molecule is CCOc1ccc(/C=C2/SC(=S)N(CCC(=O)Nc3ccc([O-])c(C(=O)O)c3)C2=O)cc1. The Morgan fingerprint density at radius 3 is 2.62 bits per heavy atom. The van der Waals surface area contributed by atoms with Gasteiger partial charge in [-0.05, 0) is 42.8 Å². The lowest BCUT2D eigenvalue weighted by molar-refractivity contribution is -0.268. The molecule has 0 aromatic heterocycles. The van der Waals surface area contributed by atoms with Gasteiger partial charge in [-0.25, -0.2) is 4.79 Å². The molecule has 1 aliphatic rings. The number of hydrogen-bond acceptors (Lipinski definition) is 7. The molecule has 10 heteroatoms. The van der Waals surface area contributed by atoms with Gasteiger partial charge in [0, 0.05) is 18.7 Å². The fourth-order valence-corrected chi connectivity index (χ4v) is 4.19. The average Bonchev–Trinajstić information content (AvgIpc) is 3.02. The number of carbonyl (C=O) groups excluding carboxylic acids is 2. The van der Waals surface area contributed by atoms with Crippen molar-refractivity contribution in [1.82, 2.24) is 4.90 Å². The van der Waals surface area contributed by atoms with Gasteiger partial charge in [-0.1, -0.05) is 47.9 Å². The minimum Gasteiger partial charge on any atom is -0.872 e. The molecule has 0 saturated carbocycles. The van der Waals surface area contributed by atoms with Crippen molar-refractivity contribution in [3.63, 3.8) is 0 Å². The van der Waals surface area contributed by atoms with Crippen LogP contribution < -0.4 is 15.2 Å². The third kappa shape index (κ3) is 5.65. The molecule has 0 unspecified atom stereocenters. The molecule has 2 aromatic carbocycles. The number of nitrogens with one attached hydrogen (secondary N) is 1. The molecule has 0 spiro atoms. The van der Waals surface area contributed by atoms with Crippen LogP contribution in [0.1, 0.15) is 29.3 Å². The van der Waals surface area contributed by atoms with Crippen molar-refractivity contribution >= 4 is 57.8 Å². The number of ether oxygens (including phenoxy) is 1. The van der Waals surface area contributed by atoms with E-state index in [9.17, 15) is 19.5 Å². The summed E-state index contributed by atoms with van der Waals surface area (Å²) < 4.78 is 5.75. The van der Waals surface area contributed by atoms with Gasteiger partial charge < -0.3 is 20.3 Å². The standard InChI is InChI=1S/C22H20N2O6S2/c1-2-30-15-6-3-13(4-7-15)11-18-20(27)24(22(31)32-18)10-9-19(26)23-14-5-8-17(25)16(12-14)21(28)29/h3-8,11-12,25H,2,9-10H2,1H3,(H,23,26)(H,28,29)/p-1/b18-11+. The number of carbonyl (C=O) groups is 3.